The van der Waals surface area contributed by atoms with Gasteiger partial charge in [-0.2, -0.15) is 0 Å². The molecule has 0 fully saturated rings. The lowest BCUT2D eigenvalue weighted by molar-refractivity contribution is 0.0697. The maximum absolute atomic E-state index is 10.9. The van der Waals surface area contributed by atoms with Gasteiger partial charge in [-0.3, -0.25) is 4.98 Å². The van der Waals surface area contributed by atoms with E-state index >= 15 is 0 Å². The van der Waals surface area contributed by atoms with Crippen molar-refractivity contribution in [1.82, 2.24) is 4.98 Å². The number of furan rings is 1. The number of carboxylic acid groups (broad SMARTS) is 1. The number of carboxylic acids is 1. The summed E-state index contributed by atoms with van der Waals surface area (Å²) in [5, 5.41) is 11.9. The molecule has 82 valence electrons. The van der Waals surface area contributed by atoms with Crippen molar-refractivity contribution < 1.29 is 14.3 Å². The van der Waals surface area contributed by atoms with Gasteiger partial charge in [-0.1, -0.05) is 0 Å². The number of nitrogens with zero attached hydrogens (tertiary/aromatic N) is 1. The first-order chi connectivity index (χ1) is 7.77. The van der Waals surface area contributed by atoms with E-state index in [1.165, 1.54) is 12.4 Å². The standard InChI is InChI=1S/C11H10N2O3/c14-11(15)9-7-12-4-3-10(9)13-6-8-2-1-5-16-8/h1-5,7H,6H2,(H,12,13)(H,14,15). The fraction of sp³-hybridized carbons (Fsp3) is 0.0909. The average Bonchev–Trinajstić information content (AvgIpc) is 2.79. The van der Waals surface area contributed by atoms with Gasteiger partial charge in [0.1, 0.15) is 11.3 Å². The SMILES string of the molecule is O=C(O)c1cnccc1NCc1ccco1. The number of carbonyl (C=O) groups is 1. The van der Waals surface area contributed by atoms with Gasteiger partial charge in [-0.05, 0) is 18.2 Å². The fourth-order valence-corrected chi connectivity index (χ4v) is 1.31. The molecule has 0 aromatic carbocycles. The summed E-state index contributed by atoms with van der Waals surface area (Å²) in [5.74, 6) is -0.261. The summed E-state index contributed by atoms with van der Waals surface area (Å²) < 4.78 is 5.13. The summed E-state index contributed by atoms with van der Waals surface area (Å²) in [4.78, 5) is 14.6. The second-order valence-electron chi connectivity index (χ2n) is 3.16. The molecule has 2 aromatic rings. The van der Waals surface area contributed by atoms with Crippen LogP contribution >= 0.6 is 0 Å². The molecule has 5 heteroatoms. The van der Waals surface area contributed by atoms with Crippen molar-refractivity contribution in [1.29, 1.82) is 0 Å². The Hall–Kier alpha value is -2.30. The van der Waals surface area contributed by atoms with Gasteiger partial charge in [0.2, 0.25) is 0 Å². The molecule has 0 radical (unpaired) electrons. The smallest absolute Gasteiger partial charge is 0.339 e. The Morgan fingerprint density at radius 1 is 1.50 bits per heavy atom. The maximum Gasteiger partial charge on any atom is 0.339 e. The second-order valence-corrected chi connectivity index (χ2v) is 3.16. The maximum atomic E-state index is 10.9. The van der Waals surface area contributed by atoms with Crippen molar-refractivity contribution in [2.75, 3.05) is 5.32 Å². The lowest BCUT2D eigenvalue weighted by atomic mass is 10.2. The topological polar surface area (TPSA) is 75.4 Å². The molecule has 16 heavy (non-hydrogen) atoms. The predicted molar refractivity (Wildman–Crippen MR) is 57.2 cm³/mol. The first-order valence-electron chi connectivity index (χ1n) is 4.71. The zero-order valence-corrected chi connectivity index (χ0v) is 8.38. The molecule has 0 unspecified atom stereocenters. The van der Waals surface area contributed by atoms with Crippen LogP contribution in [0, 0.1) is 0 Å². The number of aromatic nitrogens is 1. The van der Waals surface area contributed by atoms with E-state index in [2.05, 4.69) is 10.3 Å². The van der Waals surface area contributed by atoms with Crippen LogP contribution in [-0.4, -0.2) is 16.1 Å². The highest BCUT2D eigenvalue weighted by atomic mass is 16.4. The van der Waals surface area contributed by atoms with Gasteiger partial charge in [-0.25, -0.2) is 4.79 Å². The van der Waals surface area contributed by atoms with Gasteiger partial charge >= 0.3 is 5.97 Å². The molecule has 2 N–H and O–H groups in total. The van der Waals surface area contributed by atoms with E-state index in [0.29, 0.717) is 12.2 Å². The zero-order chi connectivity index (χ0) is 11.4. The Morgan fingerprint density at radius 3 is 3.06 bits per heavy atom. The summed E-state index contributed by atoms with van der Waals surface area (Å²) in [7, 11) is 0. The number of hydrogen-bond acceptors (Lipinski definition) is 4. The van der Waals surface area contributed by atoms with E-state index in [1.54, 1.807) is 18.4 Å². The third kappa shape index (κ3) is 2.20. The van der Waals surface area contributed by atoms with Crippen molar-refractivity contribution in [3.8, 4) is 0 Å². The van der Waals surface area contributed by atoms with Gasteiger partial charge in [0.05, 0.1) is 18.5 Å². The summed E-state index contributed by atoms with van der Waals surface area (Å²) in [6.07, 6.45) is 4.42. The summed E-state index contributed by atoms with van der Waals surface area (Å²) in [6, 6.07) is 5.21. The molecular weight excluding hydrogens is 208 g/mol. The van der Waals surface area contributed by atoms with Crippen molar-refractivity contribution in [2.24, 2.45) is 0 Å². The average molecular weight is 218 g/mol. The number of anilines is 1. The molecule has 2 rings (SSSR count). The van der Waals surface area contributed by atoms with Gasteiger partial charge in [0.25, 0.3) is 0 Å². The van der Waals surface area contributed by atoms with Crippen LogP contribution in [0.25, 0.3) is 0 Å². The zero-order valence-electron chi connectivity index (χ0n) is 8.38. The van der Waals surface area contributed by atoms with E-state index in [9.17, 15) is 4.79 Å². The third-order valence-corrected chi connectivity index (χ3v) is 2.08. The number of pyridine rings is 1. The third-order valence-electron chi connectivity index (χ3n) is 2.08. The van der Waals surface area contributed by atoms with Crippen molar-refractivity contribution >= 4 is 11.7 Å². The van der Waals surface area contributed by atoms with Crippen LogP contribution in [0.3, 0.4) is 0 Å². The molecule has 0 amide bonds. The number of hydrogen-bond donors (Lipinski definition) is 2. The molecular formula is C11H10N2O3. The van der Waals surface area contributed by atoms with Crippen LogP contribution in [0.4, 0.5) is 5.69 Å². The van der Waals surface area contributed by atoms with Crippen LogP contribution in [0.5, 0.6) is 0 Å². The Labute approximate surface area is 91.7 Å². The molecule has 0 saturated carbocycles. The Balaban J connectivity index is 2.12. The van der Waals surface area contributed by atoms with Crippen LogP contribution in [0.2, 0.25) is 0 Å². The van der Waals surface area contributed by atoms with Crippen molar-refractivity contribution in [3.05, 3.63) is 48.2 Å². The van der Waals surface area contributed by atoms with Gasteiger partial charge in [0.15, 0.2) is 0 Å². The minimum absolute atomic E-state index is 0.147. The Kier molecular flexibility index (Phi) is 2.86. The van der Waals surface area contributed by atoms with E-state index in [4.69, 9.17) is 9.52 Å². The summed E-state index contributed by atoms with van der Waals surface area (Å²) in [5.41, 5.74) is 0.674. The largest absolute Gasteiger partial charge is 0.478 e. The minimum atomic E-state index is -1.00. The second kappa shape index (κ2) is 4.48. The predicted octanol–water partition coefficient (Wildman–Crippen LogP) is 1.98. The van der Waals surface area contributed by atoms with Crippen molar-refractivity contribution in [2.45, 2.75) is 6.54 Å². The van der Waals surface area contributed by atoms with E-state index in [0.717, 1.165) is 5.76 Å². The number of aromatic carboxylic acids is 1. The monoisotopic (exact) mass is 218 g/mol. The number of rotatable bonds is 4. The summed E-state index contributed by atoms with van der Waals surface area (Å²) >= 11 is 0. The fourth-order valence-electron chi connectivity index (χ4n) is 1.31. The van der Waals surface area contributed by atoms with E-state index in [-0.39, 0.29) is 5.56 Å². The Bertz CT molecular complexity index is 480. The minimum Gasteiger partial charge on any atom is -0.478 e. The molecule has 0 atom stereocenters. The molecule has 0 aliphatic heterocycles. The highest BCUT2D eigenvalue weighted by molar-refractivity contribution is 5.93. The molecule has 0 aliphatic carbocycles. The van der Waals surface area contributed by atoms with Gasteiger partial charge < -0.3 is 14.8 Å². The molecule has 0 saturated heterocycles. The van der Waals surface area contributed by atoms with E-state index < -0.39 is 5.97 Å². The molecule has 0 spiro atoms. The molecule has 2 aromatic heterocycles. The Morgan fingerprint density at radius 2 is 2.38 bits per heavy atom. The van der Waals surface area contributed by atoms with Crippen LogP contribution < -0.4 is 5.32 Å². The highest BCUT2D eigenvalue weighted by Crippen LogP contribution is 2.14. The first kappa shape index (κ1) is 10.2. The van der Waals surface area contributed by atoms with Crippen LogP contribution in [0.1, 0.15) is 16.1 Å². The molecule has 5 nitrogen and oxygen atoms in total. The van der Waals surface area contributed by atoms with Gasteiger partial charge in [-0.15, -0.1) is 0 Å². The number of nitrogens with one attached hydrogen (secondary N) is 1. The molecule has 2 heterocycles. The van der Waals surface area contributed by atoms with Crippen LogP contribution in [0.15, 0.2) is 41.3 Å². The quantitative estimate of drug-likeness (QED) is 0.820. The highest BCUT2D eigenvalue weighted by Gasteiger charge is 2.09. The molecule has 0 bridgehead atoms. The lowest BCUT2D eigenvalue weighted by Crippen LogP contribution is -2.06. The summed E-state index contributed by atoms with van der Waals surface area (Å²) in [6.45, 7) is 0.442. The van der Waals surface area contributed by atoms with E-state index in [1.807, 2.05) is 6.07 Å². The molecule has 0 aliphatic rings. The van der Waals surface area contributed by atoms with Crippen LogP contribution in [-0.2, 0) is 6.54 Å². The van der Waals surface area contributed by atoms with Crippen molar-refractivity contribution in [3.63, 3.8) is 0 Å². The van der Waals surface area contributed by atoms with Gasteiger partial charge in [0, 0.05) is 12.4 Å². The normalized spacial score (nSPS) is 10.0. The lowest BCUT2D eigenvalue weighted by Gasteiger charge is -2.06. The first-order valence-corrected chi connectivity index (χ1v) is 4.71.